The number of nitrogens with one attached hydrogen (secondary N) is 2. The molecule has 2 aliphatic heterocycles. The maximum absolute atomic E-state index is 12.8. The zero-order valence-electron chi connectivity index (χ0n) is 16.6. The molecule has 0 bridgehead atoms. The fourth-order valence-electron chi connectivity index (χ4n) is 4.38. The number of nitrogens with zero attached hydrogens (tertiary/aromatic N) is 1. The van der Waals surface area contributed by atoms with Gasteiger partial charge in [-0.1, -0.05) is 29.8 Å². The van der Waals surface area contributed by atoms with Crippen molar-refractivity contribution in [3.05, 3.63) is 75.4 Å². The van der Waals surface area contributed by atoms with E-state index >= 15 is 0 Å². The summed E-state index contributed by atoms with van der Waals surface area (Å²) in [6.07, 6.45) is 3.20. The molecular formula is C23H20ClN3O4. The van der Waals surface area contributed by atoms with Crippen molar-refractivity contribution in [2.75, 3.05) is 18.5 Å². The average Bonchev–Trinajstić information content (AvgIpc) is 3.37. The third kappa shape index (κ3) is 3.65. The van der Waals surface area contributed by atoms with E-state index in [-0.39, 0.29) is 19.1 Å². The molecule has 158 valence electrons. The quantitative estimate of drug-likeness (QED) is 0.718. The molecule has 8 heteroatoms. The average molecular weight is 438 g/mol. The summed E-state index contributed by atoms with van der Waals surface area (Å²) in [5.74, 6) is -0.844. The third-order valence-corrected chi connectivity index (χ3v) is 6.14. The van der Waals surface area contributed by atoms with E-state index in [1.165, 1.54) is 16.0 Å². The van der Waals surface area contributed by atoms with Crippen LogP contribution in [0.2, 0.25) is 5.02 Å². The number of hydrogen-bond donors (Lipinski definition) is 2. The molecule has 0 saturated carbocycles. The minimum absolute atomic E-state index is 0.0438. The van der Waals surface area contributed by atoms with Crippen LogP contribution >= 0.6 is 11.6 Å². The second-order valence-corrected chi connectivity index (χ2v) is 8.28. The molecule has 0 aromatic heterocycles. The number of rotatable bonds is 4. The molecule has 1 unspecified atom stereocenters. The van der Waals surface area contributed by atoms with Crippen LogP contribution in [0, 0.1) is 0 Å². The number of hydrogen-bond acceptors (Lipinski definition) is 4. The number of amides is 3. The van der Waals surface area contributed by atoms with Gasteiger partial charge in [0.05, 0.1) is 17.3 Å². The molecule has 1 aliphatic carbocycles. The van der Waals surface area contributed by atoms with Crippen molar-refractivity contribution >= 4 is 35.2 Å². The molecule has 0 fully saturated rings. The number of carbonyl (C=O) groups excluding carboxylic acids is 3. The van der Waals surface area contributed by atoms with Crippen LogP contribution in [0.15, 0.2) is 53.7 Å². The van der Waals surface area contributed by atoms with E-state index in [2.05, 4.69) is 10.6 Å². The fourth-order valence-corrected chi connectivity index (χ4v) is 4.50. The van der Waals surface area contributed by atoms with Gasteiger partial charge in [-0.15, -0.1) is 0 Å². The molecule has 3 aliphatic rings. The van der Waals surface area contributed by atoms with Gasteiger partial charge in [0.2, 0.25) is 5.91 Å². The Morgan fingerprint density at radius 2 is 1.90 bits per heavy atom. The highest BCUT2D eigenvalue weighted by atomic mass is 35.5. The normalized spacial score (nSPS) is 19.6. The van der Waals surface area contributed by atoms with Gasteiger partial charge in [0.15, 0.2) is 0 Å². The van der Waals surface area contributed by atoms with Crippen LogP contribution in [0.25, 0.3) is 0 Å². The van der Waals surface area contributed by atoms with Gasteiger partial charge >= 0.3 is 12.0 Å². The maximum atomic E-state index is 12.8. The Kier molecular flexibility index (Phi) is 4.90. The SMILES string of the molecule is O=C(CN1C(=O)NC(c2ccc(Cl)cc2)C2=C1COC2=O)Nc1ccc2c(c1)CCC2. The van der Waals surface area contributed by atoms with Crippen molar-refractivity contribution < 1.29 is 19.1 Å². The van der Waals surface area contributed by atoms with Crippen molar-refractivity contribution in [2.45, 2.75) is 25.3 Å². The van der Waals surface area contributed by atoms with Crippen LogP contribution in [0.1, 0.15) is 29.2 Å². The summed E-state index contributed by atoms with van der Waals surface area (Å²) in [6, 6.07) is 11.7. The van der Waals surface area contributed by atoms with Crippen molar-refractivity contribution in [2.24, 2.45) is 0 Å². The van der Waals surface area contributed by atoms with Crippen LogP contribution < -0.4 is 10.6 Å². The number of benzene rings is 2. The Balaban J connectivity index is 1.37. The highest BCUT2D eigenvalue weighted by Crippen LogP contribution is 2.35. The largest absolute Gasteiger partial charge is 0.456 e. The molecule has 2 heterocycles. The van der Waals surface area contributed by atoms with E-state index in [9.17, 15) is 14.4 Å². The lowest BCUT2D eigenvalue weighted by Crippen LogP contribution is -2.49. The standard InChI is InChI=1S/C23H20ClN3O4/c24-16-7-4-14(5-8-16)21-20-18(12-31-22(20)29)27(23(30)26-21)11-19(28)25-17-9-6-13-2-1-3-15(13)10-17/h4-10,21H,1-3,11-12H2,(H,25,28)(H,26,30). The minimum atomic E-state index is -0.647. The van der Waals surface area contributed by atoms with Crippen molar-refractivity contribution in [3.63, 3.8) is 0 Å². The van der Waals surface area contributed by atoms with Crippen LogP contribution in [0.5, 0.6) is 0 Å². The predicted octanol–water partition coefficient (Wildman–Crippen LogP) is 3.34. The van der Waals surface area contributed by atoms with E-state index < -0.39 is 18.0 Å². The first-order chi connectivity index (χ1) is 15.0. The van der Waals surface area contributed by atoms with Gasteiger partial charge in [0, 0.05) is 10.7 Å². The summed E-state index contributed by atoms with van der Waals surface area (Å²) in [7, 11) is 0. The van der Waals surface area contributed by atoms with E-state index in [0.29, 0.717) is 27.5 Å². The predicted molar refractivity (Wildman–Crippen MR) is 115 cm³/mol. The molecule has 1 atom stereocenters. The summed E-state index contributed by atoms with van der Waals surface area (Å²) < 4.78 is 5.20. The lowest BCUT2D eigenvalue weighted by atomic mass is 9.96. The van der Waals surface area contributed by atoms with E-state index in [1.54, 1.807) is 24.3 Å². The maximum Gasteiger partial charge on any atom is 0.338 e. The van der Waals surface area contributed by atoms with E-state index in [0.717, 1.165) is 19.3 Å². The molecule has 7 nitrogen and oxygen atoms in total. The summed E-state index contributed by atoms with van der Waals surface area (Å²) in [6.45, 7) is -0.260. The van der Waals surface area contributed by atoms with Gasteiger partial charge in [-0.3, -0.25) is 9.69 Å². The summed E-state index contributed by atoms with van der Waals surface area (Å²) in [4.78, 5) is 39.2. The number of cyclic esters (lactones) is 1. The number of urea groups is 1. The number of carbonyl (C=O) groups is 3. The van der Waals surface area contributed by atoms with Gasteiger partial charge in [-0.05, 0) is 60.2 Å². The van der Waals surface area contributed by atoms with Crippen LogP contribution in [-0.4, -0.2) is 36.0 Å². The molecule has 31 heavy (non-hydrogen) atoms. The van der Waals surface area contributed by atoms with Gasteiger partial charge < -0.3 is 15.4 Å². The summed E-state index contributed by atoms with van der Waals surface area (Å²) in [5, 5.41) is 6.22. The number of fused-ring (bicyclic) bond motifs is 1. The lowest BCUT2D eigenvalue weighted by Gasteiger charge is -2.32. The Labute approximate surface area is 184 Å². The van der Waals surface area contributed by atoms with Crippen LogP contribution in [0.3, 0.4) is 0 Å². The van der Waals surface area contributed by atoms with Gasteiger partial charge in [0.25, 0.3) is 0 Å². The Hall–Kier alpha value is -3.32. The van der Waals surface area contributed by atoms with Gasteiger partial charge in [-0.2, -0.15) is 0 Å². The summed E-state index contributed by atoms with van der Waals surface area (Å²) >= 11 is 5.95. The van der Waals surface area contributed by atoms with Crippen molar-refractivity contribution in [1.82, 2.24) is 10.2 Å². The van der Waals surface area contributed by atoms with Crippen molar-refractivity contribution in [3.8, 4) is 0 Å². The number of halogens is 1. The van der Waals surface area contributed by atoms with E-state index in [4.69, 9.17) is 16.3 Å². The first kappa shape index (κ1) is 19.6. The molecule has 0 spiro atoms. The second-order valence-electron chi connectivity index (χ2n) is 7.84. The Morgan fingerprint density at radius 1 is 1.13 bits per heavy atom. The molecule has 0 saturated heterocycles. The van der Waals surface area contributed by atoms with Crippen molar-refractivity contribution in [1.29, 1.82) is 0 Å². The Morgan fingerprint density at radius 3 is 2.71 bits per heavy atom. The fraction of sp³-hybridized carbons (Fsp3) is 0.261. The number of esters is 1. The highest BCUT2D eigenvalue weighted by Gasteiger charge is 2.42. The van der Waals surface area contributed by atoms with Gasteiger partial charge in [0.1, 0.15) is 13.2 Å². The first-order valence-corrected chi connectivity index (χ1v) is 10.5. The first-order valence-electron chi connectivity index (χ1n) is 10.1. The number of anilines is 1. The zero-order valence-corrected chi connectivity index (χ0v) is 17.4. The highest BCUT2D eigenvalue weighted by molar-refractivity contribution is 6.30. The molecule has 2 aromatic carbocycles. The monoisotopic (exact) mass is 437 g/mol. The molecule has 3 amide bonds. The molecule has 2 N–H and O–H groups in total. The molecular weight excluding hydrogens is 418 g/mol. The second kappa shape index (κ2) is 7.74. The zero-order chi connectivity index (χ0) is 21.5. The summed E-state index contributed by atoms with van der Waals surface area (Å²) in [5.41, 5.74) is 4.74. The molecule has 0 radical (unpaired) electrons. The lowest BCUT2D eigenvalue weighted by molar-refractivity contribution is -0.136. The van der Waals surface area contributed by atoms with Crippen LogP contribution in [-0.2, 0) is 27.2 Å². The number of aryl methyl sites for hydroxylation is 2. The molecule has 2 aromatic rings. The third-order valence-electron chi connectivity index (χ3n) is 5.89. The topological polar surface area (TPSA) is 87.7 Å². The van der Waals surface area contributed by atoms with Crippen LogP contribution in [0.4, 0.5) is 10.5 Å². The Bertz CT molecular complexity index is 1130. The van der Waals surface area contributed by atoms with E-state index in [1.807, 2.05) is 18.2 Å². The minimum Gasteiger partial charge on any atom is -0.456 e. The number of ether oxygens (including phenoxy) is 1. The van der Waals surface area contributed by atoms with Gasteiger partial charge in [-0.25, -0.2) is 9.59 Å². The smallest absolute Gasteiger partial charge is 0.338 e. The molecule has 5 rings (SSSR count).